The zero-order chi connectivity index (χ0) is 16.4. The average molecular weight is 333 g/mol. The number of sulfonamides is 1. The van der Waals surface area contributed by atoms with Crippen molar-refractivity contribution in [2.75, 3.05) is 0 Å². The van der Waals surface area contributed by atoms with Gasteiger partial charge >= 0.3 is 6.18 Å². The molecule has 0 aliphatic heterocycles. The maximum absolute atomic E-state index is 13.1. The minimum Gasteiger partial charge on any atom is -0.275 e. The Hall–Kier alpha value is -1.87. The summed E-state index contributed by atoms with van der Waals surface area (Å²) in [5, 5.41) is 3.65. The lowest BCUT2D eigenvalue weighted by Crippen LogP contribution is -2.38. The monoisotopic (exact) mass is 333 g/mol. The quantitative estimate of drug-likeness (QED) is 0.912. The van der Waals surface area contributed by atoms with Crippen molar-refractivity contribution >= 4 is 10.0 Å². The Morgan fingerprint density at radius 3 is 2.41 bits per heavy atom. The lowest BCUT2D eigenvalue weighted by atomic mass is 10.2. The molecule has 0 aliphatic carbocycles. The highest BCUT2D eigenvalue weighted by atomic mass is 32.2. The van der Waals surface area contributed by atoms with Crippen LogP contribution in [0.25, 0.3) is 0 Å². The molecular weight excluding hydrogens is 319 g/mol. The smallest absolute Gasteiger partial charge is 0.275 e. The molecule has 2 rings (SSSR count). The molecular formula is C13H14F3N3O2S. The minimum absolute atomic E-state index is 0.258. The number of nitrogens with zero attached hydrogens (tertiary/aromatic N) is 2. The number of hydrogen-bond donors (Lipinski definition) is 1. The van der Waals surface area contributed by atoms with Gasteiger partial charge < -0.3 is 0 Å². The second-order valence-corrected chi connectivity index (χ2v) is 6.54. The fourth-order valence-electron chi connectivity index (χ4n) is 1.93. The maximum Gasteiger partial charge on any atom is 0.408 e. The normalized spacial score (nSPS) is 14.0. The van der Waals surface area contributed by atoms with E-state index < -0.39 is 28.0 Å². The van der Waals surface area contributed by atoms with Crippen LogP contribution in [0, 0.1) is 0 Å². The fraction of sp³-hybridized carbons (Fsp3) is 0.308. The number of alkyl halides is 3. The molecule has 0 radical (unpaired) electrons. The lowest BCUT2D eigenvalue weighted by molar-refractivity contribution is -0.153. The molecule has 0 fully saturated rings. The summed E-state index contributed by atoms with van der Waals surface area (Å²) in [4.78, 5) is 0. The number of aromatic nitrogens is 2. The number of nitrogens with one attached hydrogen (secondary N) is 1. The van der Waals surface area contributed by atoms with Crippen LogP contribution < -0.4 is 4.72 Å². The number of benzene rings is 1. The van der Waals surface area contributed by atoms with Crippen molar-refractivity contribution in [3.05, 3.63) is 53.9 Å². The van der Waals surface area contributed by atoms with Gasteiger partial charge in [-0.15, -0.1) is 0 Å². The van der Waals surface area contributed by atoms with Crippen LogP contribution in [-0.4, -0.2) is 24.4 Å². The highest BCUT2D eigenvalue weighted by Crippen LogP contribution is 2.33. The van der Waals surface area contributed by atoms with Crippen LogP contribution >= 0.6 is 0 Å². The summed E-state index contributed by atoms with van der Waals surface area (Å²) in [6.45, 7) is 0. The summed E-state index contributed by atoms with van der Waals surface area (Å²) in [7, 11) is -2.71. The van der Waals surface area contributed by atoms with Gasteiger partial charge in [-0.25, -0.2) is 8.42 Å². The van der Waals surface area contributed by atoms with Gasteiger partial charge in [-0.05, 0) is 5.56 Å². The Kier molecular flexibility index (Phi) is 4.57. The molecule has 120 valence electrons. The Balaban J connectivity index is 2.23. The molecule has 2 aromatic rings. The molecule has 1 heterocycles. The van der Waals surface area contributed by atoms with Crippen molar-refractivity contribution in [2.24, 2.45) is 7.05 Å². The van der Waals surface area contributed by atoms with Crippen LogP contribution in [0.3, 0.4) is 0 Å². The largest absolute Gasteiger partial charge is 0.408 e. The number of aryl methyl sites for hydroxylation is 1. The molecule has 0 saturated carbocycles. The Morgan fingerprint density at radius 2 is 1.91 bits per heavy atom. The molecule has 0 spiro atoms. The average Bonchev–Trinajstić information content (AvgIpc) is 2.82. The van der Waals surface area contributed by atoms with E-state index in [1.807, 2.05) is 0 Å². The lowest BCUT2D eigenvalue weighted by Gasteiger charge is -2.20. The van der Waals surface area contributed by atoms with Gasteiger partial charge in [-0.3, -0.25) is 4.68 Å². The van der Waals surface area contributed by atoms with Gasteiger partial charge in [0, 0.05) is 18.8 Å². The first kappa shape index (κ1) is 16.5. The maximum atomic E-state index is 13.1. The van der Waals surface area contributed by atoms with E-state index in [4.69, 9.17) is 0 Å². The van der Waals surface area contributed by atoms with E-state index in [9.17, 15) is 21.6 Å². The third kappa shape index (κ3) is 4.31. The first-order chi connectivity index (χ1) is 10.2. The number of hydrogen-bond acceptors (Lipinski definition) is 3. The Morgan fingerprint density at radius 1 is 1.27 bits per heavy atom. The van der Waals surface area contributed by atoms with E-state index >= 15 is 0 Å². The van der Waals surface area contributed by atoms with E-state index in [-0.39, 0.29) is 5.56 Å². The highest BCUT2D eigenvalue weighted by Gasteiger charge is 2.43. The molecule has 0 bridgehead atoms. The Bertz CT molecular complexity index is 726. The molecule has 1 atom stereocenters. The van der Waals surface area contributed by atoms with E-state index in [0.717, 1.165) is 12.4 Å². The van der Waals surface area contributed by atoms with Crippen LogP contribution in [0.5, 0.6) is 0 Å². The molecule has 0 unspecified atom stereocenters. The third-order valence-electron chi connectivity index (χ3n) is 2.88. The van der Waals surface area contributed by atoms with Gasteiger partial charge in [0.05, 0.1) is 11.9 Å². The van der Waals surface area contributed by atoms with Crippen LogP contribution in [0.2, 0.25) is 0 Å². The van der Waals surface area contributed by atoms with E-state index in [0.29, 0.717) is 5.56 Å². The van der Waals surface area contributed by atoms with Gasteiger partial charge in [0.15, 0.2) is 0 Å². The number of halogens is 3. The van der Waals surface area contributed by atoms with Crippen LogP contribution in [0.15, 0.2) is 42.7 Å². The van der Waals surface area contributed by atoms with Crippen LogP contribution in [0.1, 0.15) is 17.2 Å². The molecule has 9 heteroatoms. The molecule has 0 aliphatic rings. The van der Waals surface area contributed by atoms with E-state index in [1.54, 1.807) is 22.9 Å². The van der Waals surface area contributed by atoms with Gasteiger partial charge in [0.2, 0.25) is 10.0 Å². The van der Waals surface area contributed by atoms with Crippen molar-refractivity contribution < 1.29 is 21.6 Å². The topological polar surface area (TPSA) is 64.0 Å². The summed E-state index contributed by atoms with van der Waals surface area (Å²) in [6, 6.07) is 5.67. The number of rotatable bonds is 5. The summed E-state index contributed by atoms with van der Waals surface area (Å²) < 4.78 is 66.2. The summed E-state index contributed by atoms with van der Waals surface area (Å²) >= 11 is 0. The van der Waals surface area contributed by atoms with Crippen molar-refractivity contribution in [1.29, 1.82) is 0 Å². The van der Waals surface area contributed by atoms with Gasteiger partial charge in [0.1, 0.15) is 6.04 Å². The summed E-state index contributed by atoms with van der Waals surface area (Å²) in [5.74, 6) is -0.527. The van der Waals surface area contributed by atoms with Crippen molar-refractivity contribution in [1.82, 2.24) is 14.5 Å². The fourth-order valence-corrected chi connectivity index (χ4v) is 3.27. The molecule has 0 saturated heterocycles. The summed E-state index contributed by atoms with van der Waals surface area (Å²) in [5.41, 5.74) is 0.147. The molecule has 0 amide bonds. The van der Waals surface area contributed by atoms with Gasteiger partial charge in [0.25, 0.3) is 0 Å². The van der Waals surface area contributed by atoms with Gasteiger partial charge in [-0.1, -0.05) is 30.3 Å². The van der Waals surface area contributed by atoms with Crippen molar-refractivity contribution in [2.45, 2.75) is 18.0 Å². The molecule has 5 nitrogen and oxygen atoms in total. The first-order valence-electron chi connectivity index (χ1n) is 6.26. The highest BCUT2D eigenvalue weighted by molar-refractivity contribution is 7.88. The zero-order valence-corrected chi connectivity index (χ0v) is 12.4. The second-order valence-electron chi connectivity index (χ2n) is 4.78. The SMILES string of the molecule is Cn1cc([C@H](NS(=O)(=O)Cc2ccccc2)C(F)(F)F)cn1. The zero-order valence-electron chi connectivity index (χ0n) is 11.6. The summed E-state index contributed by atoms with van der Waals surface area (Å²) in [6.07, 6.45) is -2.64. The van der Waals surface area contributed by atoms with Crippen LogP contribution in [0.4, 0.5) is 13.2 Å². The Labute approximate surface area is 125 Å². The second kappa shape index (κ2) is 6.09. The first-order valence-corrected chi connectivity index (χ1v) is 7.92. The molecule has 22 heavy (non-hydrogen) atoms. The standard InChI is InChI=1S/C13H14F3N3O2S/c1-19-8-11(7-17-19)12(13(14,15)16)18-22(20,21)9-10-5-3-2-4-6-10/h2-8,12,18H,9H2,1H3/t12-/m0/s1. The van der Waals surface area contributed by atoms with Crippen molar-refractivity contribution in [3.63, 3.8) is 0 Å². The predicted molar refractivity (Wildman–Crippen MR) is 74.2 cm³/mol. The molecule has 1 aromatic heterocycles. The molecule has 1 aromatic carbocycles. The minimum atomic E-state index is -4.76. The van der Waals surface area contributed by atoms with E-state index in [2.05, 4.69) is 5.10 Å². The predicted octanol–water partition coefficient (Wildman–Crippen LogP) is 2.14. The van der Waals surface area contributed by atoms with E-state index in [1.165, 1.54) is 23.9 Å². The van der Waals surface area contributed by atoms with Gasteiger partial charge in [-0.2, -0.15) is 23.0 Å². The van der Waals surface area contributed by atoms with Crippen LogP contribution in [-0.2, 0) is 22.8 Å². The van der Waals surface area contributed by atoms with Crippen molar-refractivity contribution in [3.8, 4) is 0 Å². The molecule has 1 N–H and O–H groups in total. The third-order valence-corrected chi connectivity index (χ3v) is 4.19.